The van der Waals surface area contributed by atoms with Gasteiger partial charge in [-0.15, -0.1) is 0 Å². The van der Waals surface area contributed by atoms with Crippen LogP contribution in [0, 0.1) is 0 Å². The smallest absolute Gasteiger partial charge is 0.361 e. The summed E-state index contributed by atoms with van der Waals surface area (Å²) >= 11 is 0. The number of hydrogen-bond acceptors (Lipinski definition) is 4. The second kappa shape index (κ2) is 5.41. The Morgan fingerprint density at radius 1 is 1.64 bits per heavy atom. The molecule has 14 heavy (non-hydrogen) atoms. The zero-order valence-electron chi connectivity index (χ0n) is 7.75. The van der Waals surface area contributed by atoms with Crippen LogP contribution in [0.2, 0.25) is 0 Å². The quantitative estimate of drug-likeness (QED) is 0.667. The summed E-state index contributed by atoms with van der Waals surface area (Å²) in [5, 5.41) is 8.69. The maximum atomic E-state index is 10.6. The van der Waals surface area contributed by atoms with E-state index < -0.39 is 18.5 Å². The molecule has 1 N–H and O–H groups in total. The van der Waals surface area contributed by atoms with E-state index in [0.29, 0.717) is 0 Å². The van der Waals surface area contributed by atoms with Crippen LogP contribution in [0.5, 0.6) is 0 Å². The molecule has 5 heteroatoms. The molecule has 0 fully saturated rings. The molecule has 2 atom stereocenters. The molecule has 0 aliphatic carbocycles. The monoisotopic (exact) mass is 200 g/mol. The third-order valence-electron chi connectivity index (χ3n) is 1.45. The van der Waals surface area contributed by atoms with Crippen LogP contribution < -0.4 is 0 Å². The molecule has 5 nitrogen and oxygen atoms in total. The summed E-state index contributed by atoms with van der Waals surface area (Å²) in [5.41, 5.74) is 0. The fourth-order valence-corrected chi connectivity index (χ4v) is 0.888. The first kappa shape index (κ1) is 10.7. The van der Waals surface area contributed by atoms with Gasteiger partial charge in [0, 0.05) is 6.61 Å². The molecule has 0 saturated carbocycles. The van der Waals surface area contributed by atoms with Gasteiger partial charge in [0.15, 0.2) is 0 Å². The highest BCUT2D eigenvalue weighted by molar-refractivity contribution is 5.70. The van der Waals surface area contributed by atoms with Gasteiger partial charge in [0.1, 0.15) is 0 Å². The Labute approximate surface area is 81.6 Å². The lowest BCUT2D eigenvalue weighted by Gasteiger charge is -2.20. The Morgan fingerprint density at radius 3 is 2.93 bits per heavy atom. The van der Waals surface area contributed by atoms with Gasteiger partial charge in [-0.3, -0.25) is 4.74 Å². The number of aliphatic carboxylic acids is 1. The number of rotatable bonds is 5. The van der Waals surface area contributed by atoms with Crippen LogP contribution in [0.15, 0.2) is 24.5 Å². The minimum Gasteiger partial charge on any atom is -0.477 e. The van der Waals surface area contributed by atoms with Crippen molar-refractivity contribution in [1.29, 1.82) is 0 Å². The number of carbonyl (C=O) groups is 1. The molecule has 0 radical (unpaired) electrons. The van der Waals surface area contributed by atoms with Crippen LogP contribution in [0.1, 0.15) is 6.92 Å². The largest absolute Gasteiger partial charge is 0.477 e. The van der Waals surface area contributed by atoms with Crippen LogP contribution in [0.4, 0.5) is 0 Å². The van der Waals surface area contributed by atoms with Crippen molar-refractivity contribution in [2.24, 2.45) is 0 Å². The van der Waals surface area contributed by atoms with E-state index >= 15 is 0 Å². The number of hydrogen-bond donors (Lipinski definition) is 1. The van der Waals surface area contributed by atoms with Gasteiger partial charge in [-0.1, -0.05) is 6.08 Å². The van der Waals surface area contributed by atoms with Gasteiger partial charge in [0.05, 0.1) is 6.26 Å². The van der Waals surface area contributed by atoms with Crippen LogP contribution in [0.3, 0.4) is 0 Å². The van der Waals surface area contributed by atoms with Crippen LogP contribution >= 0.6 is 0 Å². The van der Waals surface area contributed by atoms with E-state index in [4.69, 9.17) is 19.3 Å². The van der Waals surface area contributed by atoms with Crippen molar-refractivity contribution in [1.82, 2.24) is 0 Å². The molecule has 0 aromatic carbocycles. The summed E-state index contributed by atoms with van der Waals surface area (Å²) in [7, 11) is 0. The molecule has 78 valence electrons. The molecule has 1 aliphatic heterocycles. The third-order valence-corrected chi connectivity index (χ3v) is 1.45. The van der Waals surface area contributed by atoms with E-state index in [1.54, 1.807) is 25.2 Å². The normalized spacial score (nSPS) is 21.6. The van der Waals surface area contributed by atoms with Gasteiger partial charge < -0.3 is 14.6 Å². The molecule has 0 bridgehead atoms. The number of ether oxygens (including phenoxy) is 3. The number of allylic oxidation sites excluding steroid dienone is 2. The average molecular weight is 200 g/mol. The lowest BCUT2D eigenvalue weighted by Crippen LogP contribution is -2.32. The number of carboxylic acids is 1. The highest BCUT2D eigenvalue weighted by Gasteiger charge is 2.22. The van der Waals surface area contributed by atoms with Crippen LogP contribution in [0.25, 0.3) is 0 Å². The van der Waals surface area contributed by atoms with Crippen molar-refractivity contribution in [3.05, 3.63) is 24.5 Å². The Morgan fingerprint density at radius 2 is 2.43 bits per heavy atom. The summed E-state index contributed by atoms with van der Waals surface area (Å²) in [6, 6.07) is 0. The maximum absolute atomic E-state index is 10.6. The molecular formula is C9H12O5. The molecule has 0 amide bonds. The van der Waals surface area contributed by atoms with Crippen molar-refractivity contribution in [3.8, 4) is 0 Å². The van der Waals surface area contributed by atoms with E-state index in [2.05, 4.69) is 0 Å². The minimum absolute atomic E-state index is 0.267. The lowest BCUT2D eigenvalue weighted by atomic mass is 10.4. The highest BCUT2D eigenvalue weighted by atomic mass is 16.8. The van der Waals surface area contributed by atoms with Gasteiger partial charge >= 0.3 is 5.97 Å². The highest BCUT2D eigenvalue weighted by Crippen LogP contribution is 2.08. The average Bonchev–Trinajstić information content (AvgIpc) is 2.18. The van der Waals surface area contributed by atoms with Crippen molar-refractivity contribution in [2.45, 2.75) is 19.5 Å². The van der Waals surface area contributed by atoms with Crippen molar-refractivity contribution in [2.75, 3.05) is 6.61 Å². The summed E-state index contributed by atoms with van der Waals surface area (Å²) in [4.78, 5) is 10.6. The van der Waals surface area contributed by atoms with E-state index in [1.165, 1.54) is 6.26 Å². The predicted octanol–water partition coefficient (Wildman–Crippen LogP) is 0.876. The fourth-order valence-electron chi connectivity index (χ4n) is 0.888. The molecule has 0 aromatic heterocycles. The summed E-state index contributed by atoms with van der Waals surface area (Å²) in [6.45, 7) is 1.96. The first-order valence-electron chi connectivity index (χ1n) is 4.22. The van der Waals surface area contributed by atoms with E-state index in [-0.39, 0.29) is 6.61 Å². The Bertz CT molecular complexity index is 246. The predicted molar refractivity (Wildman–Crippen MR) is 47.3 cm³/mol. The third kappa shape index (κ3) is 3.20. The molecular weight excluding hydrogens is 188 g/mol. The van der Waals surface area contributed by atoms with Crippen molar-refractivity contribution >= 4 is 5.97 Å². The van der Waals surface area contributed by atoms with E-state index in [0.717, 1.165) is 0 Å². The Balaban J connectivity index is 2.42. The second-order valence-corrected chi connectivity index (χ2v) is 2.48. The number of carboxylic acid groups (broad SMARTS) is 1. The summed E-state index contributed by atoms with van der Waals surface area (Å²) in [5.74, 6) is -1.17. The lowest BCUT2D eigenvalue weighted by molar-refractivity contribution is -0.224. The van der Waals surface area contributed by atoms with Gasteiger partial charge in [0.2, 0.25) is 6.29 Å². The standard InChI is InChI=1S/C9H12O5/c1-2-12-9(8(10)11)14-7-5-3-4-6-13-7/h3-7,9H,2H2,1H3,(H,10,11). The second-order valence-electron chi connectivity index (χ2n) is 2.48. The fraction of sp³-hybridized carbons (Fsp3) is 0.444. The van der Waals surface area contributed by atoms with Gasteiger partial charge in [-0.25, -0.2) is 4.79 Å². The summed E-state index contributed by atoms with van der Waals surface area (Å²) < 4.78 is 14.8. The molecule has 1 heterocycles. The zero-order valence-corrected chi connectivity index (χ0v) is 7.75. The molecule has 1 rings (SSSR count). The van der Waals surface area contributed by atoms with Crippen LogP contribution in [-0.4, -0.2) is 30.3 Å². The van der Waals surface area contributed by atoms with Crippen molar-refractivity contribution in [3.63, 3.8) is 0 Å². The molecule has 1 aliphatic rings. The summed E-state index contributed by atoms with van der Waals surface area (Å²) in [6.07, 6.45) is 4.41. The first-order chi connectivity index (χ1) is 6.74. The molecule has 2 unspecified atom stereocenters. The Kier molecular flexibility index (Phi) is 4.15. The zero-order chi connectivity index (χ0) is 10.4. The SMILES string of the molecule is CCOC(OC1C=CC=CO1)C(=O)O. The Hall–Kier alpha value is -1.33. The van der Waals surface area contributed by atoms with Gasteiger partial charge in [-0.2, -0.15) is 0 Å². The van der Waals surface area contributed by atoms with Crippen LogP contribution in [-0.2, 0) is 19.0 Å². The molecule has 0 aromatic rings. The topological polar surface area (TPSA) is 65.0 Å². The molecule has 0 spiro atoms. The van der Waals surface area contributed by atoms with E-state index in [9.17, 15) is 4.79 Å². The van der Waals surface area contributed by atoms with E-state index in [1.807, 2.05) is 0 Å². The molecule has 0 saturated heterocycles. The maximum Gasteiger partial charge on any atom is 0.361 e. The van der Waals surface area contributed by atoms with Gasteiger partial charge in [-0.05, 0) is 19.1 Å². The van der Waals surface area contributed by atoms with Crippen molar-refractivity contribution < 1.29 is 24.1 Å². The first-order valence-corrected chi connectivity index (χ1v) is 4.22. The van der Waals surface area contributed by atoms with Gasteiger partial charge in [0.25, 0.3) is 6.29 Å². The minimum atomic E-state index is -1.29.